The van der Waals surface area contributed by atoms with Crippen molar-refractivity contribution in [2.24, 2.45) is 0 Å². The van der Waals surface area contributed by atoms with E-state index in [9.17, 15) is 5.11 Å². The molecule has 1 aromatic heterocycles. The van der Waals surface area contributed by atoms with Crippen LogP contribution in [0.5, 0.6) is 0 Å². The lowest BCUT2D eigenvalue weighted by Gasteiger charge is -2.03. The fourth-order valence-corrected chi connectivity index (χ4v) is 1.17. The molecule has 0 aromatic carbocycles. The molecule has 12 heavy (non-hydrogen) atoms. The van der Waals surface area contributed by atoms with E-state index in [1.54, 1.807) is 0 Å². The third-order valence-electron chi connectivity index (χ3n) is 1.59. The summed E-state index contributed by atoms with van der Waals surface area (Å²) < 4.78 is 8.11. The van der Waals surface area contributed by atoms with Gasteiger partial charge in [-0.25, -0.2) is 3.53 Å². The van der Waals surface area contributed by atoms with Gasteiger partial charge in [0.15, 0.2) is 0 Å². The fraction of sp³-hybridized carbons (Fsp3) is 0.500. The van der Waals surface area contributed by atoms with E-state index in [1.165, 1.54) is 0 Å². The van der Waals surface area contributed by atoms with Gasteiger partial charge in [0.1, 0.15) is 17.7 Å². The van der Waals surface area contributed by atoms with E-state index in [4.69, 9.17) is 4.42 Å². The van der Waals surface area contributed by atoms with Gasteiger partial charge in [-0.1, -0.05) is 6.92 Å². The van der Waals surface area contributed by atoms with Gasteiger partial charge in [0.25, 0.3) is 0 Å². The zero-order chi connectivity index (χ0) is 8.97. The topological polar surface area (TPSA) is 45.4 Å². The van der Waals surface area contributed by atoms with Crippen LogP contribution in [0.2, 0.25) is 0 Å². The summed E-state index contributed by atoms with van der Waals surface area (Å²) in [6.45, 7) is 2.04. The summed E-state index contributed by atoms with van der Waals surface area (Å²) in [5.74, 6) is 1.79. The summed E-state index contributed by atoms with van der Waals surface area (Å²) in [6.07, 6.45) is 0.887. The maximum atomic E-state index is 9.21. The highest BCUT2D eigenvalue weighted by molar-refractivity contribution is 14.1. The van der Waals surface area contributed by atoms with Gasteiger partial charge in [0.05, 0.1) is 0 Å². The van der Waals surface area contributed by atoms with Crippen LogP contribution in [-0.4, -0.2) is 11.3 Å². The SMILES string of the molecule is CCc1ccc(CC(O)NI)o1. The second kappa shape index (κ2) is 4.84. The molecule has 0 saturated carbocycles. The number of rotatable bonds is 4. The molecule has 0 aliphatic heterocycles. The van der Waals surface area contributed by atoms with Crippen molar-refractivity contribution >= 4 is 22.9 Å². The molecule has 1 unspecified atom stereocenters. The quantitative estimate of drug-likeness (QED) is 0.501. The van der Waals surface area contributed by atoms with Crippen LogP contribution in [0.3, 0.4) is 0 Å². The summed E-state index contributed by atoms with van der Waals surface area (Å²) in [6, 6.07) is 3.84. The standard InChI is InChI=1S/C8H12INO2/c1-2-6-3-4-7(12-6)5-8(11)10-9/h3-4,8,10-11H,2,5H2,1H3. The Bertz CT molecular complexity index is 237. The van der Waals surface area contributed by atoms with Crippen LogP contribution in [0.25, 0.3) is 0 Å². The van der Waals surface area contributed by atoms with E-state index < -0.39 is 6.23 Å². The highest BCUT2D eigenvalue weighted by Crippen LogP contribution is 2.10. The smallest absolute Gasteiger partial charge is 0.120 e. The highest BCUT2D eigenvalue weighted by atomic mass is 127. The molecular formula is C8H12INO2. The largest absolute Gasteiger partial charge is 0.466 e. The summed E-state index contributed by atoms with van der Waals surface area (Å²) in [4.78, 5) is 0. The highest BCUT2D eigenvalue weighted by Gasteiger charge is 2.06. The minimum Gasteiger partial charge on any atom is -0.466 e. The molecule has 0 aliphatic rings. The minimum atomic E-state index is -0.526. The molecule has 2 N–H and O–H groups in total. The Hall–Kier alpha value is -0.0700. The molecule has 0 fully saturated rings. The fourth-order valence-electron chi connectivity index (χ4n) is 0.951. The number of aliphatic hydroxyl groups is 1. The van der Waals surface area contributed by atoms with Crippen molar-refractivity contribution in [3.8, 4) is 0 Å². The van der Waals surface area contributed by atoms with Crippen LogP contribution in [0.15, 0.2) is 16.5 Å². The molecule has 0 saturated heterocycles. The lowest BCUT2D eigenvalue weighted by Crippen LogP contribution is -2.21. The van der Waals surface area contributed by atoms with E-state index in [0.717, 1.165) is 17.9 Å². The molecule has 1 aromatic rings. The van der Waals surface area contributed by atoms with Gasteiger partial charge in [-0.05, 0) is 12.1 Å². The van der Waals surface area contributed by atoms with Crippen molar-refractivity contribution in [1.82, 2.24) is 3.53 Å². The average molecular weight is 281 g/mol. The Morgan fingerprint density at radius 3 is 2.75 bits per heavy atom. The number of furan rings is 1. The van der Waals surface area contributed by atoms with Crippen molar-refractivity contribution in [3.63, 3.8) is 0 Å². The molecule has 68 valence electrons. The normalized spacial score (nSPS) is 13.2. The van der Waals surface area contributed by atoms with Crippen LogP contribution < -0.4 is 3.53 Å². The number of aliphatic hydroxyl groups excluding tert-OH is 1. The van der Waals surface area contributed by atoms with E-state index in [0.29, 0.717) is 6.42 Å². The van der Waals surface area contributed by atoms with E-state index >= 15 is 0 Å². The Morgan fingerprint density at radius 1 is 1.58 bits per heavy atom. The van der Waals surface area contributed by atoms with Gasteiger partial charge >= 0.3 is 0 Å². The van der Waals surface area contributed by atoms with Crippen LogP contribution in [0.1, 0.15) is 18.4 Å². The molecular weight excluding hydrogens is 269 g/mol. The van der Waals surface area contributed by atoms with Crippen molar-refractivity contribution in [2.75, 3.05) is 0 Å². The van der Waals surface area contributed by atoms with Crippen molar-refractivity contribution in [1.29, 1.82) is 0 Å². The number of hydrogen-bond donors (Lipinski definition) is 2. The zero-order valence-electron chi connectivity index (χ0n) is 6.88. The summed E-state index contributed by atoms with van der Waals surface area (Å²) in [5.41, 5.74) is 0. The second-order valence-corrected chi connectivity index (χ2v) is 3.17. The number of aryl methyl sites for hydroxylation is 1. The Kier molecular flexibility index (Phi) is 4.03. The first-order chi connectivity index (χ1) is 5.76. The zero-order valence-corrected chi connectivity index (χ0v) is 9.04. The lowest BCUT2D eigenvalue weighted by atomic mass is 10.3. The summed E-state index contributed by atoms with van der Waals surface area (Å²) >= 11 is 1.91. The van der Waals surface area contributed by atoms with E-state index in [2.05, 4.69) is 3.53 Å². The molecule has 1 rings (SSSR count). The lowest BCUT2D eigenvalue weighted by molar-refractivity contribution is 0.164. The van der Waals surface area contributed by atoms with E-state index in [1.807, 2.05) is 41.9 Å². The second-order valence-electron chi connectivity index (χ2n) is 2.55. The molecule has 3 nitrogen and oxygen atoms in total. The average Bonchev–Trinajstić information content (AvgIpc) is 2.52. The van der Waals surface area contributed by atoms with Gasteiger partial charge in [-0.15, -0.1) is 0 Å². The maximum absolute atomic E-state index is 9.21. The van der Waals surface area contributed by atoms with Gasteiger partial charge < -0.3 is 9.52 Å². The first kappa shape index (κ1) is 10.0. The van der Waals surface area contributed by atoms with Crippen molar-refractivity contribution in [3.05, 3.63) is 23.7 Å². The summed E-state index contributed by atoms with van der Waals surface area (Å²) in [7, 11) is 0. The molecule has 0 aliphatic carbocycles. The molecule has 1 heterocycles. The molecule has 4 heteroatoms. The molecule has 0 bridgehead atoms. The monoisotopic (exact) mass is 281 g/mol. The third kappa shape index (κ3) is 2.76. The van der Waals surface area contributed by atoms with Crippen LogP contribution in [0, 0.1) is 0 Å². The number of halogens is 1. The predicted octanol–water partition coefficient (Wildman–Crippen LogP) is 1.64. The molecule has 0 radical (unpaired) electrons. The van der Waals surface area contributed by atoms with Crippen LogP contribution >= 0.6 is 22.9 Å². The minimum absolute atomic E-state index is 0.517. The van der Waals surface area contributed by atoms with Crippen molar-refractivity contribution in [2.45, 2.75) is 26.0 Å². The molecule has 0 spiro atoms. The molecule has 0 amide bonds. The first-order valence-electron chi connectivity index (χ1n) is 3.88. The van der Waals surface area contributed by atoms with E-state index in [-0.39, 0.29) is 0 Å². The molecule has 1 atom stereocenters. The first-order valence-corrected chi connectivity index (χ1v) is 4.96. The third-order valence-corrected chi connectivity index (χ3v) is 2.31. The maximum Gasteiger partial charge on any atom is 0.120 e. The van der Waals surface area contributed by atoms with Gasteiger partial charge in [-0.2, -0.15) is 0 Å². The van der Waals surface area contributed by atoms with Crippen molar-refractivity contribution < 1.29 is 9.52 Å². The number of nitrogens with one attached hydrogen (secondary N) is 1. The Labute approximate surface area is 85.6 Å². The van der Waals surface area contributed by atoms with Gasteiger partial charge in [0, 0.05) is 35.7 Å². The van der Waals surface area contributed by atoms with Crippen LogP contribution in [-0.2, 0) is 12.8 Å². The van der Waals surface area contributed by atoms with Crippen LogP contribution in [0.4, 0.5) is 0 Å². The van der Waals surface area contributed by atoms with Gasteiger partial charge in [0.2, 0.25) is 0 Å². The Morgan fingerprint density at radius 2 is 2.25 bits per heavy atom. The van der Waals surface area contributed by atoms with Gasteiger partial charge in [-0.3, -0.25) is 0 Å². The Balaban J connectivity index is 2.52. The number of hydrogen-bond acceptors (Lipinski definition) is 3. The summed E-state index contributed by atoms with van der Waals surface area (Å²) in [5, 5.41) is 9.21. The predicted molar refractivity (Wildman–Crippen MR) is 55.0 cm³/mol.